The van der Waals surface area contributed by atoms with Crippen molar-refractivity contribution in [3.63, 3.8) is 0 Å². The molecule has 0 spiro atoms. The summed E-state index contributed by atoms with van der Waals surface area (Å²) in [5.74, 6) is 0.811. The van der Waals surface area contributed by atoms with Crippen molar-refractivity contribution in [1.82, 2.24) is 9.97 Å². The van der Waals surface area contributed by atoms with Crippen LogP contribution >= 0.6 is 15.9 Å². The molecule has 0 bridgehead atoms. The van der Waals surface area contributed by atoms with Crippen LogP contribution in [0.15, 0.2) is 34.9 Å². The number of hydrogen-bond acceptors (Lipinski definition) is 4. The van der Waals surface area contributed by atoms with Gasteiger partial charge in [0.15, 0.2) is 5.82 Å². The van der Waals surface area contributed by atoms with Crippen LogP contribution in [0.25, 0.3) is 11.4 Å². The third-order valence-electron chi connectivity index (χ3n) is 2.11. The molecule has 0 saturated carbocycles. The van der Waals surface area contributed by atoms with E-state index in [0.29, 0.717) is 21.7 Å². The van der Waals surface area contributed by atoms with Gasteiger partial charge in [-0.05, 0) is 40.2 Å². The molecule has 0 aliphatic heterocycles. The van der Waals surface area contributed by atoms with Crippen LogP contribution in [0.4, 0.5) is 14.6 Å². The Labute approximate surface area is 110 Å². The maximum Gasteiger partial charge on any atom is 0.387 e. The van der Waals surface area contributed by atoms with E-state index >= 15 is 0 Å². The smallest absolute Gasteiger partial charge is 0.387 e. The van der Waals surface area contributed by atoms with Crippen LogP contribution in [0.2, 0.25) is 0 Å². The van der Waals surface area contributed by atoms with Gasteiger partial charge in [-0.3, -0.25) is 0 Å². The molecule has 18 heavy (non-hydrogen) atoms. The van der Waals surface area contributed by atoms with Crippen molar-refractivity contribution in [2.45, 2.75) is 6.61 Å². The number of alkyl halides is 2. The quantitative estimate of drug-likeness (QED) is 0.945. The lowest BCUT2D eigenvalue weighted by atomic mass is 10.2. The van der Waals surface area contributed by atoms with Gasteiger partial charge in [0, 0.05) is 11.8 Å². The van der Waals surface area contributed by atoms with Gasteiger partial charge in [-0.25, -0.2) is 9.97 Å². The molecule has 2 aromatic rings. The van der Waals surface area contributed by atoms with Crippen LogP contribution in [-0.2, 0) is 0 Å². The highest BCUT2D eigenvalue weighted by Crippen LogP contribution is 2.23. The predicted octanol–water partition coefficient (Wildman–Crippen LogP) is 3.09. The summed E-state index contributed by atoms with van der Waals surface area (Å²) in [5, 5.41) is 0. The molecule has 0 fully saturated rings. The van der Waals surface area contributed by atoms with Crippen LogP contribution in [0, 0.1) is 0 Å². The molecule has 0 aliphatic rings. The first-order valence-electron chi connectivity index (χ1n) is 4.89. The van der Waals surface area contributed by atoms with Crippen LogP contribution in [0.3, 0.4) is 0 Å². The topological polar surface area (TPSA) is 61.0 Å². The number of benzene rings is 1. The Bertz CT molecular complexity index is 548. The number of nitrogens with zero attached hydrogens (tertiary/aromatic N) is 2. The molecule has 0 atom stereocenters. The molecule has 4 nitrogen and oxygen atoms in total. The Morgan fingerprint density at radius 2 is 1.89 bits per heavy atom. The Kier molecular flexibility index (Phi) is 3.71. The lowest BCUT2D eigenvalue weighted by Crippen LogP contribution is -2.01. The van der Waals surface area contributed by atoms with E-state index in [9.17, 15) is 8.78 Å². The van der Waals surface area contributed by atoms with E-state index in [0.717, 1.165) is 0 Å². The molecule has 1 aromatic heterocycles. The lowest BCUT2D eigenvalue weighted by Gasteiger charge is -2.05. The molecule has 1 heterocycles. The highest BCUT2D eigenvalue weighted by atomic mass is 79.9. The van der Waals surface area contributed by atoms with Gasteiger partial charge in [-0.15, -0.1) is 0 Å². The van der Waals surface area contributed by atoms with Gasteiger partial charge in [0.2, 0.25) is 0 Å². The molecule has 0 unspecified atom stereocenters. The van der Waals surface area contributed by atoms with E-state index in [2.05, 4.69) is 30.6 Å². The molecule has 7 heteroatoms. The van der Waals surface area contributed by atoms with Gasteiger partial charge in [0.1, 0.15) is 11.6 Å². The van der Waals surface area contributed by atoms with Gasteiger partial charge in [-0.1, -0.05) is 0 Å². The number of nitrogens with two attached hydrogens (primary N) is 1. The summed E-state index contributed by atoms with van der Waals surface area (Å²) in [5.41, 5.74) is 6.29. The molecular weight excluding hydrogens is 308 g/mol. The van der Waals surface area contributed by atoms with Crippen molar-refractivity contribution in [1.29, 1.82) is 0 Å². The Morgan fingerprint density at radius 3 is 2.44 bits per heavy atom. The average molecular weight is 316 g/mol. The van der Waals surface area contributed by atoms with Gasteiger partial charge >= 0.3 is 6.61 Å². The van der Waals surface area contributed by atoms with Gasteiger partial charge in [0.25, 0.3) is 0 Å². The summed E-state index contributed by atoms with van der Waals surface area (Å²) < 4.78 is 28.8. The SMILES string of the molecule is Nc1nc(-c2ccc(OC(F)F)cc2)ncc1Br. The molecule has 0 radical (unpaired) electrons. The normalized spacial score (nSPS) is 10.7. The fraction of sp³-hybridized carbons (Fsp3) is 0.0909. The average Bonchev–Trinajstić information content (AvgIpc) is 2.33. The van der Waals surface area contributed by atoms with Crippen molar-refractivity contribution in [2.24, 2.45) is 0 Å². The van der Waals surface area contributed by atoms with Crippen LogP contribution in [0.1, 0.15) is 0 Å². The number of anilines is 1. The minimum absolute atomic E-state index is 0.0823. The van der Waals surface area contributed by atoms with Gasteiger partial charge in [-0.2, -0.15) is 8.78 Å². The second-order valence-electron chi connectivity index (χ2n) is 3.33. The Balaban J connectivity index is 2.25. The molecule has 0 amide bonds. The first kappa shape index (κ1) is 12.7. The van der Waals surface area contributed by atoms with E-state index in [-0.39, 0.29) is 5.75 Å². The van der Waals surface area contributed by atoms with Gasteiger partial charge < -0.3 is 10.5 Å². The third kappa shape index (κ3) is 2.92. The second-order valence-corrected chi connectivity index (χ2v) is 4.18. The summed E-state index contributed by atoms with van der Waals surface area (Å²) in [6.45, 7) is -2.84. The summed E-state index contributed by atoms with van der Waals surface area (Å²) in [4.78, 5) is 8.14. The standard InChI is InChI=1S/C11H8BrF2N3O/c12-8-5-16-10(17-9(8)15)6-1-3-7(4-2-6)18-11(13)14/h1-5,11H,(H2,15,16,17). The number of hydrogen-bond donors (Lipinski definition) is 1. The summed E-state index contributed by atoms with van der Waals surface area (Å²) in [7, 11) is 0. The van der Waals surface area contributed by atoms with E-state index in [4.69, 9.17) is 5.73 Å². The van der Waals surface area contributed by atoms with E-state index in [1.807, 2.05) is 0 Å². The van der Waals surface area contributed by atoms with E-state index in [1.165, 1.54) is 18.3 Å². The largest absolute Gasteiger partial charge is 0.435 e. The summed E-state index contributed by atoms with van der Waals surface area (Å²) in [6.07, 6.45) is 1.53. The van der Waals surface area contributed by atoms with E-state index in [1.54, 1.807) is 12.1 Å². The Hall–Kier alpha value is -1.76. The maximum absolute atomic E-state index is 12.0. The van der Waals surface area contributed by atoms with E-state index < -0.39 is 6.61 Å². The zero-order valence-electron chi connectivity index (χ0n) is 8.98. The molecule has 0 saturated heterocycles. The summed E-state index contributed by atoms with van der Waals surface area (Å²) >= 11 is 3.19. The zero-order chi connectivity index (χ0) is 13.1. The molecule has 0 aliphatic carbocycles. The van der Waals surface area contributed by atoms with Crippen molar-refractivity contribution < 1.29 is 13.5 Å². The first-order valence-corrected chi connectivity index (χ1v) is 5.69. The molecule has 1 aromatic carbocycles. The minimum atomic E-state index is -2.84. The van der Waals surface area contributed by atoms with Crippen LogP contribution in [-0.4, -0.2) is 16.6 Å². The number of halogens is 3. The van der Waals surface area contributed by atoms with Crippen LogP contribution < -0.4 is 10.5 Å². The molecular formula is C11H8BrF2N3O. The van der Waals surface area contributed by atoms with Crippen molar-refractivity contribution in [2.75, 3.05) is 5.73 Å². The molecule has 2 rings (SSSR count). The monoisotopic (exact) mass is 315 g/mol. The number of ether oxygens (including phenoxy) is 1. The fourth-order valence-electron chi connectivity index (χ4n) is 1.30. The molecule has 2 N–H and O–H groups in total. The number of nitrogen functional groups attached to an aromatic ring is 1. The highest BCUT2D eigenvalue weighted by molar-refractivity contribution is 9.10. The summed E-state index contributed by atoms with van der Waals surface area (Å²) in [6, 6.07) is 6.01. The van der Waals surface area contributed by atoms with Crippen molar-refractivity contribution in [3.8, 4) is 17.1 Å². The lowest BCUT2D eigenvalue weighted by molar-refractivity contribution is -0.0498. The van der Waals surface area contributed by atoms with Gasteiger partial charge in [0.05, 0.1) is 4.47 Å². The second kappa shape index (κ2) is 5.26. The predicted molar refractivity (Wildman–Crippen MR) is 66.2 cm³/mol. The number of aromatic nitrogens is 2. The van der Waals surface area contributed by atoms with Crippen molar-refractivity contribution in [3.05, 3.63) is 34.9 Å². The molecule has 94 valence electrons. The zero-order valence-corrected chi connectivity index (χ0v) is 10.6. The number of rotatable bonds is 3. The van der Waals surface area contributed by atoms with Crippen molar-refractivity contribution >= 4 is 21.7 Å². The fourth-order valence-corrected chi connectivity index (χ4v) is 1.50. The minimum Gasteiger partial charge on any atom is -0.435 e. The van der Waals surface area contributed by atoms with Crippen LogP contribution in [0.5, 0.6) is 5.75 Å². The highest BCUT2D eigenvalue weighted by Gasteiger charge is 2.07. The Morgan fingerprint density at radius 1 is 1.22 bits per heavy atom. The first-order chi connectivity index (χ1) is 8.56. The third-order valence-corrected chi connectivity index (χ3v) is 2.72. The maximum atomic E-state index is 12.0.